The summed E-state index contributed by atoms with van der Waals surface area (Å²) in [5, 5.41) is 8.35. The third-order valence-electron chi connectivity index (χ3n) is 5.17. The van der Waals surface area contributed by atoms with Gasteiger partial charge in [0.15, 0.2) is 19.7 Å². The number of hydrogen-bond donors (Lipinski definition) is 1. The van der Waals surface area contributed by atoms with Crippen LogP contribution in [0.2, 0.25) is 0 Å². The van der Waals surface area contributed by atoms with Crippen LogP contribution in [0.5, 0.6) is 0 Å². The first-order valence-electron chi connectivity index (χ1n) is 9.85. The van der Waals surface area contributed by atoms with Crippen LogP contribution in [0, 0.1) is 0 Å². The number of sulfone groups is 2. The van der Waals surface area contributed by atoms with Crippen LogP contribution in [0.3, 0.4) is 0 Å². The topological polar surface area (TPSA) is 88.5 Å². The summed E-state index contributed by atoms with van der Waals surface area (Å²) in [4.78, 5) is 0. The lowest BCUT2D eigenvalue weighted by Crippen LogP contribution is -2.39. The normalized spacial score (nSPS) is 24.4. The van der Waals surface area contributed by atoms with Gasteiger partial charge in [-0.3, -0.25) is 0 Å². The minimum absolute atomic E-state index is 0.419. The molecule has 1 rings (SSSR count). The second kappa shape index (κ2) is 10.9. The van der Waals surface area contributed by atoms with E-state index in [-0.39, 0.29) is 0 Å². The van der Waals surface area contributed by atoms with Crippen LogP contribution in [0.25, 0.3) is 0 Å². The minimum Gasteiger partial charge on any atom is -0.391 e. The number of hydrogen-bond acceptors (Lipinski definition) is 5. The predicted molar refractivity (Wildman–Crippen MR) is 103 cm³/mol. The van der Waals surface area contributed by atoms with E-state index in [1.165, 1.54) is 0 Å². The van der Waals surface area contributed by atoms with E-state index in [1.807, 2.05) is 0 Å². The minimum atomic E-state index is -3.63. The summed E-state index contributed by atoms with van der Waals surface area (Å²) in [7, 11) is -7.08. The summed E-state index contributed by atoms with van der Waals surface area (Å²) in [6.45, 7) is 4.25. The van der Waals surface area contributed by atoms with Crippen LogP contribution in [-0.4, -0.2) is 50.1 Å². The second-order valence-electron chi connectivity index (χ2n) is 7.45. The molecule has 0 aromatic rings. The highest BCUT2D eigenvalue weighted by atomic mass is 32.2. The summed E-state index contributed by atoms with van der Waals surface area (Å²) in [6, 6.07) is 0. The number of unbranched alkanes of at least 4 members (excludes halogenated alkanes) is 7. The highest BCUT2D eigenvalue weighted by molar-refractivity contribution is 7.96. The Kier molecular flexibility index (Phi) is 9.96. The molecule has 1 aliphatic heterocycles. The molecule has 1 N–H and O–H groups in total. The van der Waals surface area contributed by atoms with Crippen LogP contribution in [0.15, 0.2) is 0 Å². The van der Waals surface area contributed by atoms with Gasteiger partial charge in [0, 0.05) is 0 Å². The van der Waals surface area contributed by atoms with Gasteiger partial charge in [0.1, 0.15) is 5.25 Å². The quantitative estimate of drug-likeness (QED) is 0.483. The largest absolute Gasteiger partial charge is 0.391 e. The van der Waals surface area contributed by atoms with Crippen LogP contribution in [0.1, 0.15) is 84.5 Å². The first-order valence-corrected chi connectivity index (χ1v) is 13.3. The average molecular weight is 397 g/mol. The number of rotatable bonds is 13. The SMILES string of the molecule is CCCCCCCC(CCCCCC)S(=O)(=O)C1CS(=O)(=O)CC1O. The Balaban J connectivity index is 2.73. The number of aliphatic hydroxyl groups is 1. The van der Waals surface area contributed by atoms with Gasteiger partial charge in [-0.25, -0.2) is 16.8 Å². The van der Waals surface area contributed by atoms with Crippen molar-refractivity contribution in [2.45, 2.75) is 101 Å². The van der Waals surface area contributed by atoms with Crippen molar-refractivity contribution in [1.82, 2.24) is 0 Å². The van der Waals surface area contributed by atoms with Gasteiger partial charge in [0.05, 0.1) is 22.9 Å². The molecule has 1 aliphatic rings. The molecule has 5 nitrogen and oxygen atoms in total. The first-order chi connectivity index (χ1) is 11.7. The van der Waals surface area contributed by atoms with Gasteiger partial charge in [0.2, 0.25) is 0 Å². The van der Waals surface area contributed by atoms with E-state index in [4.69, 9.17) is 0 Å². The maximum Gasteiger partial charge on any atom is 0.159 e. The number of aliphatic hydroxyl groups excluding tert-OH is 1. The molecule has 25 heavy (non-hydrogen) atoms. The fraction of sp³-hybridized carbons (Fsp3) is 1.00. The zero-order valence-electron chi connectivity index (χ0n) is 15.8. The van der Waals surface area contributed by atoms with Crippen molar-refractivity contribution in [3.05, 3.63) is 0 Å². The summed E-state index contributed by atoms with van der Waals surface area (Å²) in [6.07, 6.45) is 9.21. The molecular formula is C18H36O5S2. The fourth-order valence-electron chi connectivity index (χ4n) is 3.61. The van der Waals surface area contributed by atoms with Crippen molar-refractivity contribution in [3.8, 4) is 0 Å². The van der Waals surface area contributed by atoms with Crippen LogP contribution in [0.4, 0.5) is 0 Å². The molecule has 3 atom stereocenters. The summed E-state index contributed by atoms with van der Waals surface area (Å²) >= 11 is 0. The molecule has 0 amide bonds. The molecule has 1 heterocycles. The third-order valence-corrected chi connectivity index (χ3v) is 9.82. The van der Waals surface area contributed by atoms with Gasteiger partial charge in [-0.1, -0.05) is 71.6 Å². The van der Waals surface area contributed by atoms with Crippen molar-refractivity contribution in [1.29, 1.82) is 0 Å². The molecule has 0 saturated carbocycles. The van der Waals surface area contributed by atoms with Crippen molar-refractivity contribution >= 4 is 19.7 Å². The lowest BCUT2D eigenvalue weighted by Gasteiger charge is -2.23. The molecule has 0 aromatic carbocycles. The van der Waals surface area contributed by atoms with Crippen LogP contribution >= 0.6 is 0 Å². The van der Waals surface area contributed by atoms with E-state index in [9.17, 15) is 21.9 Å². The monoisotopic (exact) mass is 396 g/mol. The highest BCUT2D eigenvalue weighted by Crippen LogP contribution is 2.28. The molecule has 1 fully saturated rings. The van der Waals surface area contributed by atoms with Crippen molar-refractivity contribution in [2.24, 2.45) is 0 Å². The Hall–Kier alpha value is -0.140. The second-order valence-corrected chi connectivity index (χ2v) is 12.0. The molecule has 150 valence electrons. The Labute approximate surface area is 154 Å². The lowest BCUT2D eigenvalue weighted by molar-refractivity contribution is 0.203. The Morgan fingerprint density at radius 1 is 0.880 bits per heavy atom. The molecule has 0 aliphatic carbocycles. The maximum atomic E-state index is 13.0. The maximum absolute atomic E-state index is 13.0. The van der Waals surface area contributed by atoms with Gasteiger partial charge >= 0.3 is 0 Å². The van der Waals surface area contributed by atoms with E-state index < -0.39 is 47.8 Å². The third kappa shape index (κ3) is 7.55. The molecule has 0 aromatic heterocycles. The van der Waals surface area contributed by atoms with Gasteiger partial charge < -0.3 is 5.11 Å². The molecule has 0 bridgehead atoms. The van der Waals surface area contributed by atoms with Crippen LogP contribution < -0.4 is 0 Å². The van der Waals surface area contributed by atoms with E-state index in [2.05, 4.69) is 13.8 Å². The zero-order chi connectivity index (χ0) is 18.9. The molecule has 3 unspecified atom stereocenters. The Morgan fingerprint density at radius 3 is 1.80 bits per heavy atom. The van der Waals surface area contributed by atoms with Gasteiger partial charge in [0.25, 0.3) is 0 Å². The van der Waals surface area contributed by atoms with Crippen molar-refractivity contribution < 1.29 is 21.9 Å². The summed E-state index contributed by atoms with van der Waals surface area (Å²) in [5.74, 6) is -0.840. The van der Waals surface area contributed by atoms with Gasteiger partial charge in [-0.2, -0.15) is 0 Å². The van der Waals surface area contributed by atoms with Crippen LogP contribution in [-0.2, 0) is 19.7 Å². The summed E-state index contributed by atoms with van der Waals surface area (Å²) in [5.41, 5.74) is 0. The fourth-order valence-corrected chi connectivity index (χ4v) is 8.74. The standard InChI is InChI=1S/C18H36O5S2/c1-3-5-7-9-11-13-16(12-10-8-6-4-2)25(22,23)18-15-24(20,21)14-17(18)19/h16-19H,3-15H2,1-2H3. The van der Waals surface area contributed by atoms with E-state index in [1.54, 1.807) is 0 Å². The molecule has 1 saturated heterocycles. The van der Waals surface area contributed by atoms with Gasteiger partial charge in [-0.15, -0.1) is 0 Å². The highest BCUT2D eigenvalue weighted by Gasteiger charge is 2.46. The Morgan fingerprint density at radius 2 is 1.36 bits per heavy atom. The average Bonchev–Trinajstić information content (AvgIpc) is 2.82. The molecular weight excluding hydrogens is 360 g/mol. The zero-order valence-corrected chi connectivity index (χ0v) is 17.5. The first kappa shape index (κ1) is 22.9. The summed E-state index contributed by atoms with van der Waals surface area (Å²) < 4.78 is 49.4. The van der Waals surface area contributed by atoms with Gasteiger partial charge in [-0.05, 0) is 12.8 Å². The smallest absolute Gasteiger partial charge is 0.159 e. The Bertz CT molecular complexity index is 568. The van der Waals surface area contributed by atoms with E-state index in [0.29, 0.717) is 12.8 Å². The van der Waals surface area contributed by atoms with E-state index >= 15 is 0 Å². The molecule has 0 radical (unpaired) electrons. The molecule has 0 spiro atoms. The van der Waals surface area contributed by atoms with Crippen molar-refractivity contribution in [3.63, 3.8) is 0 Å². The lowest BCUT2D eigenvalue weighted by atomic mass is 10.0. The molecule has 7 heteroatoms. The van der Waals surface area contributed by atoms with E-state index in [0.717, 1.165) is 57.8 Å². The van der Waals surface area contributed by atoms with Crippen molar-refractivity contribution in [2.75, 3.05) is 11.5 Å². The predicted octanol–water partition coefficient (Wildman–Crippen LogP) is 3.26.